The first-order chi connectivity index (χ1) is 9.67. The number of alkyl halides is 2. The lowest BCUT2D eigenvalue weighted by molar-refractivity contribution is 0.0143. The fraction of sp³-hybridized carbons (Fsp3) is 0.600. The molecule has 0 aliphatic heterocycles. The number of halogens is 2. The van der Waals surface area contributed by atoms with Gasteiger partial charge in [0.25, 0.3) is 6.43 Å². The molecule has 1 aromatic rings. The maximum atomic E-state index is 12.0. The predicted octanol–water partition coefficient (Wildman–Crippen LogP) is 3.41. The van der Waals surface area contributed by atoms with Crippen LogP contribution in [0.4, 0.5) is 8.78 Å². The largest absolute Gasteiger partial charge is 0.497 e. The van der Waals surface area contributed by atoms with Gasteiger partial charge in [0.05, 0.1) is 7.11 Å². The molecule has 0 saturated heterocycles. The van der Waals surface area contributed by atoms with Crippen molar-refractivity contribution in [2.45, 2.75) is 32.2 Å². The Morgan fingerprint density at radius 3 is 2.75 bits per heavy atom. The molecule has 0 radical (unpaired) electrons. The Bertz CT molecular complexity index is 375. The molecular weight excluding hydrogens is 264 g/mol. The molecule has 0 spiro atoms. The normalized spacial score (nSPS) is 12.7. The van der Waals surface area contributed by atoms with Gasteiger partial charge in [0.2, 0.25) is 0 Å². The van der Waals surface area contributed by atoms with E-state index in [1.165, 1.54) is 0 Å². The van der Waals surface area contributed by atoms with Gasteiger partial charge in [-0.25, -0.2) is 8.78 Å². The number of hydrogen-bond acceptors (Lipinski definition) is 3. The van der Waals surface area contributed by atoms with Crippen molar-refractivity contribution < 1.29 is 18.3 Å². The van der Waals surface area contributed by atoms with E-state index in [4.69, 9.17) is 9.47 Å². The molecule has 1 atom stereocenters. The van der Waals surface area contributed by atoms with E-state index < -0.39 is 13.0 Å². The van der Waals surface area contributed by atoms with E-state index in [1.807, 2.05) is 24.3 Å². The van der Waals surface area contributed by atoms with Crippen molar-refractivity contribution in [3.05, 3.63) is 29.8 Å². The summed E-state index contributed by atoms with van der Waals surface area (Å²) in [5.41, 5.74) is 1.08. The van der Waals surface area contributed by atoms with E-state index in [-0.39, 0.29) is 6.04 Å². The highest BCUT2D eigenvalue weighted by atomic mass is 19.3. The second kappa shape index (κ2) is 9.66. The van der Waals surface area contributed by atoms with Crippen LogP contribution in [0.1, 0.15) is 31.4 Å². The summed E-state index contributed by atoms with van der Waals surface area (Å²) >= 11 is 0. The molecular formula is C15H23F2NO2. The molecule has 0 aromatic heterocycles. The second-order valence-electron chi connectivity index (χ2n) is 4.54. The Balaban J connectivity index is 2.57. The molecule has 20 heavy (non-hydrogen) atoms. The average Bonchev–Trinajstić information content (AvgIpc) is 2.46. The standard InChI is InChI=1S/C15H23F2NO2/c1-3-8-18-14(7-9-20-11-15(16)17)12-5-4-6-13(10-12)19-2/h4-6,10,14-15,18H,3,7-9,11H2,1-2H3. The molecule has 0 amide bonds. The zero-order valence-electron chi connectivity index (χ0n) is 12.1. The van der Waals surface area contributed by atoms with Crippen LogP contribution >= 0.6 is 0 Å². The van der Waals surface area contributed by atoms with Crippen LogP contribution in [0.25, 0.3) is 0 Å². The molecule has 1 unspecified atom stereocenters. The number of ether oxygens (including phenoxy) is 2. The summed E-state index contributed by atoms with van der Waals surface area (Å²) in [4.78, 5) is 0. The number of nitrogens with one attached hydrogen (secondary N) is 1. The van der Waals surface area contributed by atoms with Crippen LogP contribution in [0.5, 0.6) is 5.75 Å². The third-order valence-corrected chi connectivity index (χ3v) is 2.93. The SMILES string of the molecule is CCCNC(CCOCC(F)F)c1cccc(OC)c1. The molecule has 0 saturated carbocycles. The topological polar surface area (TPSA) is 30.5 Å². The highest BCUT2D eigenvalue weighted by Crippen LogP contribution is 2.21. The summed E-state index contributed by atoms with van der Waals surface area (Å²) in [5.74, 6) is 0.791. The van der Waals surface area contributed by atoms with Crippen LogP contribution in [0.2, 0.25) is 0 Å². The first kappa shape index (κ1) is 16.9. The smallest absolute Gasteiger partial charge is 0.261 e. The molecule has 1 aromatic carbocycles. The molecule has 1 rings (SSSR count). The third kappa shape index (κ3) is 6.30. The van der Waals surface area contributed by atoms with Gasteiger partial charge in [-0.3, -0.25) is 0 Å². The fourth-order valence-corrected chi connectivity index (χ4v) is 1.94. The lowest BCUT2D eigenvalue weighted by atomic mass is 10.0. The zero-order valence-corrected chi connectivity index (χ0v) is 12.1. The molecule has 0 bridgehead atoms. The van der Waals surface area contributed by atoms with Gasteiger partial charge in [0.1, 0.15) is 12.4 Å². The van der Waals surface area contributed by atoms with Gasteiger partial charge in [-0.05, 0) is 37.1 Å². The van der Waals surface area contributed by atoms with Gasteiger partial charge in [-0.15, -0.1) is 0 Å². The number of methoxy groups -OCH3 is 1. The maximum Gasteiger partial charge on any atom is 0.261 e. The van der Waals surface area contributed by atoms with E-state index in [9.17, 15) is 8.78 Å². The summed E-state index contributed by atoms with van der Waals surface area (Å²) < 4.78 is 34.2. The lowest BCUT2D eigenvalue weighted by Crippen LogP contribution is -2.24. The van der Waals surface area contributed by atoms with Crippen molar-refractivity contribution in [1.29, 1.82) is 0 Å². The van der Waals surface area contributed by atoms with Crippen molar-refractivity contribution in [1.82, 2.24) is 5.32 Å². The van der Waals surface area contributed by atoms with E-state index in [0.29, 0.717) is 13.0 Å². The summed E-state index contributed by atoms with van der Waals surface area (Å²) in [6, 6.07) is 7.86. The molecule has 1 N–H and O–H groups in total. The Labute approximate surface area is 119 Å². The van der Waals surface area contributed by atoms with Crippen molar-refractivity contribution in [3.8, 4) is 5.75 Å². The van der Waals surface area contributed by atoms with E-state index in [0.717, 1.165) is 24.3 Å². The Hall–Kier alpha value is -1.20. The Morgan fingerprint density at radius 2 is 2.10 bits per heavy atom. The van der Waals surface area contributed by atoms with Crippen LogP contribution in [-0.4, -0.2) is 33.3 Å². The van der Waals surface area contributed by atoms with E-state index >= 15 is 0 Å². The van der Waals surface area contributed by atoms with Crippen molar-refractivity contribution >= 4 is 0 Å². The minimum atomic E-state index is -2.41. The summed E-state index contributed by atoms with van der Waals surface area (Å²) in [6.07, 6.45) is -0.744. The Kier molecular flexibility index (Phi) is 8.14. The number of rotatable bonds is 10. The van der Waals surface area contributed by atoms with E-state index in [2.05, 4.69) is 12.2 Å². The predicted molar refractivity (Wildman–Crippen MR) is 75.5 cm³/mol. The highest BCUT2D eigenvalue weighted by molar-refractivity contribution is 5.30. The van der Waals surface area contributed by atoms with Crippen molar-refractivity contribution in [2.75, 3.05) is 26.9 Å². The van der Waals surface area contributed by atoms with Crippen molar-refractivity contribution in [2.24, 2.45) is 0 Å². The van der Waals surface area contributed by atoms with Gasteiger partial charge in [0.15, 0.2) is 0 Å². The fourth-order valence-electron chi connectivity index (χ4n) is 1.94. The highest BCUT2D eigenvalue weighted by Gasteiger charge is 2.12. The van der Waals surface area contributed by atoms with Crippen molar-refractivity contribution in [3.63, 3.8) is 0 Å². The first-order valence-electron chi connectivity index (χ1n) is 6.90. The summed E-state index contributed by atoms with van der Waals surface area (Å²) in [5, 5.41) is 3.40. The number of hydrogen-bond donors (Lipinski definition) is 1. The van der Waals surface area contributed by atoms with Crippen LogP contribution in [0, 0.1) is 0 Å². The zero-order chi connectivity index (χ0) is 14.8. The minimum Gasteiger partial charge on any atom is -0.497 e. The third-order valence-electron chi connectivity index (χ3n) is 2.93. The molecule has 0 heterocycles. The summed E-state index contributed by atoms with van der Waals surface area (Å²) in [7, 11) is 1.62. The van der Waals surface area contributed by atoms with Crippen LogP contribution < -0.4 is 10.1 Å². The number of benzene rings is 1. The van der Waals surface area contributed by atoms with Crippen LogP contribution in [0.15, 0.2) is 24.3 Å². The first-order valence-corrected chi connectivity index (χ1v) is 6.90. The van der Waals surface area contributed by atoms with Gasteiger partial charge in [0, 0.05) is 12.6 Å². The van der Waals surface area contributed by atoms with Crippen LogP contribution in [0.3, 0.4) is 0 Å². The van der Waals surface area contributed by atoms with E-state index in [1.54, 1.807) is 7.11 Å². The molecule has 114 valence electrons. The van der Waals surface area contributed by atoms with Gasteiger partial charge in [-0.2, -0.15) is 0 Å². The lowest BCUT2D eigenvalue weighted by Gasteiger charge is -2.19. The summed E-state index contributed by atoms with van der Waals surface area (Å²) in [6.45, 7) is 2.77. The second-order valence-corrected chi connectivity index (χ2v) is 4.54. The molecule has 0 aliphatic rings. The van der Waals surface area contributed by atoms with Gasteiger partial charge >= 0.3 is 0 Å². The monoisotopic (exact) mass is 287 g/mol. The average molecular weight is 287 g/mol. The molecule has 5 heteroatoms. The minimum absolute atomic E-state index is 0.0859. The van der Waals surface area contributed by atoms with Gasteiger partial charge in [-0.1, -0.05) is 19.1 Å². The maximum absolute atomic E-state index is 12.0. The quantitative estimate of drug-likeness (QED) is 0.669. The molecule has 3 nitrogen and oxygen atoms in total. The molecule has 0 fully saturated rings. The van der Waals surface area contributed by atoms with Gasteiger partial charge < -0.3 is 14.8 Å². The van der Waals surface area contributed by atoms with Crippen LogP contribution in [-0.2, 0) is 4.74 Å². The Morgan fingerprint density at radius 1 is 1.30 bits per heavy atom. The molecule has 0 aliphatic carbocycles.